The van der Waals surface area contributed by atoms with Crippen LogP contribution >= 0.6 is 0 Å². The van der Waals surface area contributed by atoms with Crippen LogP contribution in [0.4, 0.5) is 17.3 Å². The zero-order chi connectivity index (χ0) is 25.5. The first-order valence-electron chi connectivity index (χ1n) is 13.3. The summed E-state index contributed by atoms with van der Waals surface area (Å²) in [6.45, 7) is 10.8. The number of allylic oxidation sites excluding steroid dienone is 5. The molecule has 3 heterocycles. The van der Waals surface area contributed by atoms with E-state index in [0.717, 1.165) is 44.7 Å². The van der Waals surface area contributed by atoms with Gasteiger partial charge >= 0.3 is 0 Å². The second-order valence-electron chi connectivity index (χ2n) is 10.5. The van der Waals surface area contributed by atoms with E-state index in [1.54, 1.807) is 17.0 Å². The molecule has 0 radical (unpaired) electrons. The fourth-order valence-electron chi connectivity index (χ4n) is 5.88. The number of nitrogens with one attached hydrogen (secondary N) is 1. The molecule has 1 saturated heterocycles. The van der Waals surface area contributed by atoms with Crippen molar-refractivity contribution in [1.82, 2.24) is 24.2 Å². The number of fused-ring (bicyclic) bond motifs is 2. The summed E-state index contributed by atoms with van der Waals surface area (Å²) in [6.07, 6.45) is 11.3. The van der Waals surface area contributed by atoms with Crippen molar-refractivity contribution in [2.24, 2.45) is 5.92 Å². The van der Waals surface area contributed by atoms with E-state index in [4.69, 9.17) is 4.98 Å². The normalized spacial score (nSPS) is 22.1. The Labute approximate surface area is 217 Å². The van der Waals surface area contributed by atoms with Gasteiger partial charge in [0, 0.05) is 43.8 Å². The molecule has 0 amide bonds. The average molecular weight is 498 g/mol. The molecule has 192 valence electrons. The van der Waals surface area contributed by atoms with Gasteiger partial charge in [-0.05, 0) is 67.6 Å². The predicted molar refractivity (Wildman–Crippen MR) is 150 cm³/mol. The minimum atomic E-state index is -0.0781. The first-order chi connectivity index (χ1) is 18.0. The van der Waals surface area contributed by atoms with Crippen LogP contribution in [-0.4, -0.2) is 57.5 Å². The van der Waals surface area contributed by atoms with Crippen LogP contribution in [0.15, 0.2) is 71.2 Å². The van der Waals surface area contributed by atoms with E-state index in [0.29, 0.717) is 29.4 Å². The zero-order valence-electron chi connectivity index (χ0n) is 21.7. The van der Waals surface area contributed by atoms with E-state index < -0.39 is 0 Å². The van der Waals surface area contributed by atoms with Gasteiger partial charge in [0.05, 0.1) is 12.6 Å². The van der Waals surface area contributed by atoms with Crippen LogP contribution in [0.5, 0.6) is 0 Å². The third kappa shape index (κ3) is 4.39. The highest BCUT2D eigenvalue weighted by molar-refractivity contribution is 5.76. The third-order valence-corrected chi connectivity index (χ3v) is 8.04. The smallest absolute Gasteiger partial charge is 0.278 e. The van der Waals surface area contributed by atoms with Gasteiger partial charge in [0.15, 0.2) is 5.65 Å². The van der Waals surface area contributed by atoms with Crippen LogP contribution < -0.4 is 15.8 Å². The van der Waals surface area contributed by atoms with Gasteiger partial charge in [-0.3, -0.25) is 9.48 Å². The van der Waals surface area contributed by atoms with Crippen LogP contribution in [0.25, 0.3) is 11.0 Å². The maximum atomic E-state index is 13.3. The van der Waals surface area contributed by atoms with E-state index in [2.05, 4.69) is 77.1 Å². The van der Waals surface area contributed by atoms with Gasteiger partial charge in [-0.25, -0.2) is 9.67 Å². The minimum Gasteiger partial charge on any atom is -0.369 e. The van der Waals surface area contributed by atoms with Crippen LogP contribution in [0.3, 0.4) is 0 Å². The monoisotopic (exact) mass is 497 g/mol. The molecule has 2 unspecified atom stereocenters. The highest BCUT2D eigenvalue weighted by atomic mass is 16.1. The Bertz CT molecular complexity index is 1440. The zero-order valence-corrected chi connectivity index (χ0v) is 21.7. The van der Waals surface area contributed by atoms with E-state index >= 15 is 0 Å². The second kappa shape index (κ2) is 9.67. The molecule has 8 heteroatoms. The lowest BCUT2D eigenvalue weighted by atomic mass is 9.93. The molecule has 2 aliphatic carbocycles. The quantitative estimate of drug-likeness (QED) is 0.506. The Hall–Kier alpha value is -3.65. The van der Waals surface area contributed by atoms with Crippen LogP contribution in [0.2, 0.25) is 0 Å². The maximum Gasteiger partial charge on any atom is 0.278 e. The molecular weight excluding hydrogens is 462 g/mol. The van der Waals surface area contributed by atoms with Crippen molar-refractivity contribution < 1.29 is 0 Å². The number of hydrogen-bond acceptors (Lipinski definition) is 6. The highest BCUT2D eigenvalue weighted by Crippen LogP contribution is 2.41. The van der Waals surface area contributed by atoms with Gasteiger partial charge in [-0.1, -0.05) is 25.2 Å². The minimum absolute atomic E-state index is 0.0371. The number of piperazine rings is 1. The largest absolute Gasteiger partial charge is 0.369 e. The molecule has 2 fully saturated rings. The molecular formula is C29H35N7O. The van der Waals surface area contributed by atoms with Gasteiger partial charge in [0.25, 0.3) is 5.56 Å². The third-order valence-electron chi connectivity index (χ3n) is 8.04. The van der Waals surface area contributed by atoms with Crippen molar-refractivity contribution >= 4 is 28.4 Å². The summed E-state index contributed by atoms with van der Waals surface area (Å²) >= 11 is 0. The molecule has 1 saturated carbocycles. The molecule has 1 aliphatic heterocycles. The van der Waals surface area contributed by atoms with Crippen molar-refractivity contribution in [2.45, 2.75) is 38.8 Å². The summed E-state index contributed by atoms with van der Waals surface area (Å²) in [6, 6.07) is 8.45. The number of hydrogen-bond donors (Lipinski definition) is 1. The Morgan fingerprint density at radius 2 is 1.95 bits per heavy atom. The van der Waals surface area contributed by atoms with Crippen LogP contribution in [-0.2, 0) is 6.54 Å². The summed E-state index contributed by atoms with van der Waals surface area (Å²) in [5.74, 6) is 1.04. The van der Waals surface area contributed by atoms with Crippen molar-refractivity contribution in [2.75, 3.05) is 43.4 Å². The molecule has 2 atom stereocenters. The molecule has 0 bridgehead atoms. The maximum absolute atomic E-state index is 13.3. The fraction of sp³-hybridized carbons (Fsp3) is 0.414. The second-order valence-corrected chi connectivity index (χ2v) is 10.5. The SMILES string of the molecule is C=CCn1c(=O)c2cnc(Nc3ccc(N4CCN(C)CC4)cc3)nc2n1C1C=C2C(=CC1)CCC2C. The number of benzene rings is 1. The highest BCUT2D eigenvalue weighted by Gasteiger charge is 2.28. The summed E-state index contributed by atoms with van der Waals surface area (Å²) in [4.78, 5) is 27.4. The van der Waals surface area contributed by atoms with E-state index in [9.17, 15) is 4.79 Å². The fourth-order valence-corrected chi connectivity index (χ4v) is 5.88. The molecule has 3 aromatic rings. The molecule has 1 N–H and O–H groups in total. The molecule has 6 rings (SSSR count). The molecule has 37 heavy (non-hydrogen) atoms. The molecule has 2 aromatic heterocycles. The number of aromatic nitrogens is 4. The molecule has 3 aliphatic rings. The molecule has 8 nitrogen and oxygen atoms in total. The first-order valence-corrected chi connectivity index (χ1v) is 13.3. The summed E-state index contributed by atoms with van der Waals surface area (Å²) in [7, 11) is 2.17. The average Bonchev–Trinajstić information content (AvgIpc) is 3.41. The standard InChI is InChI=1S/C29H35N7O/c1-4-13-35-28(37)26-19-30-29(31-22-8-11-23(12-9-22)34-16-14-33(3)15-17-34)32-27(26)36(35)24-10-7-21-6-5-20(2)25(21)18-24/h4,7-9,11-12,18-20,24H,1,5-6,10,13-17H2,2-3H3,(H,30,31,32). The lowest BCUT2D eigenvalue weighted by molar-refractivity contribution is 0.313. The number of anilines is 3. The Kier molecular flexibility index (Phi) is 6.20. The molecule has 0 spiro atoms. The van der Waals surface area contributed by atoms with Crippen LogP contribution in [0.1, 0.15) is 32.2 Å². The number of nitrogens with zero attached hydrogens (tertiary/aromatic N) is 6. The number of likely N-dealkylation sites (N-methyl/N-ethyl adjacent to an activating group) is 1. The van der Waals surface area contributed by atoms with E-state index in [1.165, 1.54) is 23.3 Å². The van der Waals surface area contributed by atoms with E-state index in [1.807, 2.05) is 4.68 Å². The Morgan fingerprint density at radius 1 is 1.16 bits per heavy atom. The predicted octanol–water partition coefficient (Wildman–Crippen LogP) is 4.50. The van der Waals surface area contributed by atoms with Gasteiger partial charge in [-0.2, -0.15) is 4.98 Å². The topological polar surface area (TPSA) is 71.2 Å². The van der Waals surface area contributed by atoms with Crippen LogP contribution in [0, 0.1) is 5.92 Å². The van der Waals surface area contributed by atoms with Gasteiger partial charge in [-0.15, -0.1) is 6.58 Å². The number of rotatable bonds is 6. The van der Waals surface area contributed by atoms with Gasteiger partial charge < -0.3 is 15.1 Å². The Morgan fingerprint density at radius 3 is 2.70 bits per heavy atom. The first kappa shape index (κ1) is 23.7. The van der Waals surface area contributed by atoms with Crippen molar-refractivity contribution in [3.8, 4) is 0 Å². The van der Waals surface area contributed by atoms with Crippen molar-refractivity contribution in [3.05, 3.63) is 76.8 Å². The lowest BCUT2D eigenvalue weighted by Gasteiger charge is -2.34. The van der Waals surface area contributed by atoms with Gasteiger partial charge in [0.2, 0.25) is 5.95 Å². The van der Waals surface area contributed by atoms with Crippen molar-refractivity contribution in [1.29, 1.82) is 0 Å². The summed E-state index contributed by atoms with van der Waals surface area (Å²) in [5.41, 5.74) is 5.61. The van der Waals surface area contributed by atoms with Crippen molar-refractivity contribution in [3.63, 3.8) is 0 Å². The van der Waals surface area contributed by atoms with E-state index in [-0.39, 0.29) is 11.6 Å². The summed E-state index contributed by atoms with van der Waals surface area (Å²) in [5, 5.41) is 3.88. The lowest BCUT2D eigenvalue weighted by Crippen LogP contribution is -2.44. The Balaban J connectivity index is 1.31. The van der Waals surface area contributed by atoms with Gasteiger partial charge in [0.1, 0.15) is 5.39 Å². The summed E-state index contributed by atoms with van der Waals surface area (Å²) < 4.78 is 3.80. The molecule has 1 aromatic carbocycles.